The van der Waals surface area contributed by atoms with E-state index in [1.165, 1.54) is 45.6 Å². The Balaban J connectivity index is 2.28. The zero-order valence-corrected chi connectivity index (χ0v) is 15.4. The molecule has 1 fully saturated rings. The molecule has 0 amide bonds. The Morgan fingerprint density at radius 2 is 1.59 bits per heavy atom. The van der Waals surface area contributed by atoms with Gasteiger partial charge in [-0.25, -0.2) is 0 Å². The first-order valence-electron chi connectivity index (χ1n) is 9.05. The number of rotatable bonds is 8. The van der Waals surface area contributed by atoms with Crippen molar-refractivity contribution in [3.8, 4) is 0 Å². The van der Waals surface area contributed by atoms with Crippen LogP contribution in [0.25, 0.3) is 0 Å². The summed E-state index contributed by atoms with van der Waals surface area (Å²) in [4.78, 5) is 9.44. The van der Waals surface area contributed by atoms with Gasteiger partial charge in [0.2, 0.25) is 0 Å². The summed E-state index contributed by atoms with van der Waals surface area (Å²) in [5.41, 5.74) is 0. The summed E-state index contributed by atoms with van der Waals surface area (Å²) >= 11 is 0. The van der Waals surface area contributed by atoms with Gasteiger partial charge in [0.05, 0.1) is 0 Å². The summed E-state index contributed by atoms with van der Waals surface area (Å²) in [5.74, 6) is 1.67. The van der Waals surface area contributed by atoms with E-state index in [9.17, 15) is 0 Å². The Morgan fingerprint density at radius 3 is 2.09 bits per heavy atom. The average molecular weight is 312 g/mol. The van der Waals surface area contributed by atoms with E-state index in [0.29, 0.717) is 6.04 Å². The largest absolute Gasteiger partial charge is 0.356 e. The maximum Gasteiger partial charge on any atom is 0.191 e. The van der Waals surface area contributed by atoms with Crippen LogP contribution in [-0.4, -0.2) is 74.7 Å². The van der Waals surface area contributed by atoms with Crippen molar-refractivity contribution in [2.75, 3.05) is 52.9 Å². The van der Waals surface area contributed by atoms with E-state index in [2.05, 4.69) is 53.1 Å². The molecule has 0 spiro atoms. The predicted molar refractivity (Wildman–Crippen MR) is 96.6 cm³/mol. The zero-order chi connectivity index (χ0) is 16.4. The Morgan fingerprint density at radius 1 is 1.00 bits per heavy atom. The summed E-state index contributed by atoms with van der Waals surface area (Å²) in [6, 6.07) is 0.547. The minimum absolute atomic E-state index is 0.547. The van der Waals surface area contributed by atoms with Crippen LogP contribution < -0.4 is 10.6 Å². The van der Waals surface area contributed by atoms with Gasteiger partial charge in [-0.05, 0) is 19.4 Å². The van der Waals surface area contributed by atoms with Crippen molar-refractivity contribution < 1.29 is 0 Å². The minimum Gasteiger partial charge on any atom is -0.356 e. The van der Waals surface area contributed by atoms with Gasteiger partial charge in [0.25, 0.3) is 0 Å². The lowest BCUT2D eigenvalue weighted by Crippen LogP contribution is -2.53. The number of piperazine rings is 1. The molecule has 5 heteroatoms. The first kappa shape index (κ1) is 19.2. The standard InChI is InChI=1S/C17H37N5/c1-6-16(7-2)14-20-17(18-5)19-13-15(4)22-11-9-21(8-3)10-12-22/h15-16H,6-14H2,1-5H3,(H2,18,19,20). The quantitative estimate of drug-likeness (QED) is 0.528. The minimum atomic E-state index is 0.547. The average Bonchev–Trinajstić information content (AvgIpc) is 2.58. The fraction of sp³-hybridized carbons (Fsp3) is 0.941. The van der Waals surface area contributed by atoms with E-state index in [4.69, 9.17) is 0 Å². The molecule has 0 aromatic heterocycles. The molecule has 0 bridgehead atoms. The zero-order valence-electron chi connectivity index (χ0n) is 15.4. The van der Waals surface area contributed by atoms with Gasteiger partial charge in [0, 0.05) is 52.4 Å². The number of hydrogen-bond acceptors (Lipinski definition) is 3. The van der Waals surface area contributed by atoms with Gasteiger partial charge in [-0.15, -0.1) is 0 Å². The molecule has 1 rings (SSSR count). The summed E-state index contributed by atoms with van der Waals surface area (Å²) in [6.07, 6.45) is 2.44. The number of hydrogen-bond donors (Lipinski definition) is 2. The van der Waals surface area contributed by atoms with Gasteiger partial charge in [-0.2, -0.15) is 0 Å². The highest BCUT2D eigenvalue weighted by Gasteiger charge is 2.20. The molecule has 5 nitrogen and oxygen atoms in total. The molecule has 0 aromatic rings. The number of guanidine groups is 1. The van der Waals surface area contributed by atoms with Crippen molar-refractivity contribution in [2.24, 2.45) is 10.9 Å². The second kappa shape index (κ2) is 10.8. The lowest BCUT2D eigenvalue weighted by molar-refractivity contribution is 0.107. The Labute approximate surface area is 137 Å². The van der Waals surface area contributed by atoms with Crippen LogP contribution in [0.15, 0.2) is 4.99 Å². The Kier molecular flexibility index (Phi) is 9.48. The van der Waals surface area contributed by atoms with Gasteiger partial charge in [0.1, 0.15) is 0 Å². The van der Waals surface area contributed by atoms with Crippen LogP contribution in [0.4, 0.5) is 0 Å². The monoisotopic (exact) mass is 311 g/mol. The molecule has 0 radical (unpaired) electrons. The van der Waals surface area contributed by atoms with Crippen LogP contribution in [0.3, 0.4) is 0 Å². The molecule has 0 aliphatic carbocycles. The van der Waals surface area contributed by atoms with Crippen molar-refractivity contribution >= 4 is 5.96 Å². The summed E-state index contributed by atoms with van der Waals surface area (Å²) in [6.45, 7) is 16.9. The lowest BCUT2D eigenvalue weighted by atomic mass is 10.0. The van der Waals surface area contributed by atoms with Gasteiger partial charge < -0.3 is 15.5 Å². The van der Waals surface area contributed by atoms with Gasteiger partial charge in [-0.1, -0.05) is 33.6 Å². The number of likely N-dealkylation sites (N-methyl/N-ethyl adjacent to an activating group) is 1. The van der Waals surface area contributed by atoms with Crippen molar-refractivity contribution in [1.82, 2.24) is 20.4 Å². The van der Waals surface area contributed by atoms with Crippen LogP contribution in [0.5, 0.6) is 0 Å². The third kappa shape index (κ3) is 6.53. The third-order valence-corrected chi connectivity index (χ3v) is 4.98. The first-order chi connectivity index (χ1) is 10.6. The fourth-order valence-electron chi connectivity index (χ4n) is 2.93. The van der Waals surface area contributed by atoms with Crippen molar-refractivity contribution in [3.63, 3.8) is 0 Å². The fourth-order valence-corrected chi connectivity index (χ4v) is 2.93. The molecule has 2 N–H and O–H groups in total. The summed E-state index contributed by atoms with van der Waals surface area (Å²) in [5, 5.41) is 6.94. The van der Waals surface area contributed by atoms with Gasteiger partial charge in [0.15, 0.2) is 5.96 Å². The molecule has 130 valence electrons. The molecule has 1 aliphatic heterocycles. The molecule has 1 atom stereocenters. The van der Waals surface area contributed by atoms with Crippen molar-refractivity contribution in [2.45, 2.75) is 46.6 Å². The molecule has 22 heavy (non-hydrogen) atoms. The second-order valence-electron chi connectivity index (χ2n) is 6.34. The molecule has 0 saturated carbocycles. The first-order valence-corrected chi connectivity index (χ1v) is 9.05. The number of nitrogens with one attached hydrogen (secondary N) is 2. The number of aliphatic imine (C=N–C) groups is 1. The van der Waals surface area contributed by atoms with E-state index in [0.717, 1.165) is 25.0 Å². The van der Waals surface area contributed by atoms with E-state index in [-0.39, 0.29) is 0 Å². The highest BCUT2D eigenvalue weighted by atomic mass is 15.3. The summed E-state index contributed by atoms with van der Waals surface area (Å²) < 4.78 is 0. The van der Waals surface area contributed by atoms with Crippen molar-refractivity contribution in [1.29, 1.82) is 0 Å². The Hall–Kier alpha value is -0.810. The second-order valence-corrected chi connectivity index (χ2v) is 6.34. The van der Waals surface area contributed by atoms with Crippen LogP contribution in [0.1, 0.15) is 40.5 Å². The van der Waals surface area contributed by atoms with Crippen LogP contribution in [-0.2, 0) is 0 Å². The topological polar surface area (TPSA) is 42.9 Å². The molecular formula is C17H37N5. The summed E-state index contributed by atoms with van der Waals surface area (Å²) in [7, 11) is 1.85. The predicted octanol–water partition coefficient (Wildman–Crippen LogP) is 1.61. The van der Waals surface area contributed by atoms with E-state index >= 15 is 0 Å². The van der Waals surface area contributed by atoms with Crippen molar-refractivity contribution in [3.05, 3.63) is 0 Å². The Bertz CT molecular complexity index is 306. The molecule has 0 aromatic carbocycles. The maximum absolute atomic E-state index is 4.34. The third-order valence-electron chi connectivity index (χ3n) is 4.98. The molecule has 1 unspecified atom stereocenters. The lowest BCUT2D eigenvalue weighted by Gasteiger charge is -2.37. The van der Waals surface area contributed by atoms with Gasteiger partial charge in [-0.3, -0.25) is 9.89 Å². The molecule has 1 heterocycles. The van der Waals surface area contributed by atoms with Crippen LogP contribution >= 0.6 is 0 Å². The smallest absolute Gasteiger partial charge is 0.191 e. The number of nitrogens with zero attached hydrogens (tertiary/aromatic N) is 3. The maximum atomic E-state index is 4.34. The highest BCUT2D eigenvalue weighted by Crippen LogP contribution is 2.06. The van der Waals surface area contributed by atoms with E-state index < -0.39 is 0 Å². The normalized spacial score (nSPS) is 19.5. The van der Waals surface area contributed by atoms with Crippen LogP contribution in [0, 0.1) is 5.92 Å². The van der Waals surface area contributed by atoms with Gasteiger partial charge >= 0.3 is 0 Å². The van der Waals surface area contributed by atoms with E-state index in [1.807, 2.05) is 7.05 Å². The SMILES string of the molecule is CCC(CC)CNC(=NC)NCC(C)N1CCN(CC)CC1. The molecular weight excluding hydrogens is 274 g/mol. The molecule has 1 aliphatic rings. The van der Waals surface area contributed by atoms with E-state index in [1.54, 1.807) is 0 Å². The molecule has 1 saturated heterocycles. The van der Waals surface area contributed by atoms with Crippen LogP contribution in [0.2, 0.25) is 0 Å². The highest BCUT2D eigenvalue weighted by molar-refractivity contribution is 5.79.